The van der Waals surface area contributed by atoms with Crippen LogP contribution in [0.15, 0.2) is 15.9 Å². The van der Waals surface area contributed by atoms with Crippen LogP contribution in [0.2, 0.25) is 0 Å². The van der Waals surface area contributed by atoms with Crippen LogP contribution in [0.25, 0.3) is 0 Å². The van der Waals surface area contributed by atoms with Crippen molar-refractivity contribution in [3.8, 4) is 0 Å². The third kappa shape index (κ3) is 1.90. The van der Waals surface area contributed by atoms with E-state index in [4.69, 9.17) is 0 Å². The summed E-state index contributed by atoms with van der Waals surface area (Å²) < 4.78 is 1.05. The molecule has 1 nitrogen and oxygen atoms in total. The van der Waals surface area contributed by atoms with Crippen LogP contribution >= 0.6 is 39.0 Å². The third-order valence-electron chi connectivity index (χ3n) is 3.29. The van der Waals surface area contributed by atoms with Gasteiger partial charge in [-0.1, -0.05) is 13.8 Å². The highest BCUT2D eigenvalue weighted by atomic mass is 79.9. The molecule has 1 saturated heterocycles. The Kier molecular flexibility index (Phi) is 3.24. The monoisotopic (exact) mass is 306 g/mol. The zero-order chi connectivity index (χ0) is 11.1. The summed E-state index contributed by atoms with van der Waals surface area (Å²) in [4.78, 5) is 1.08. The number of hydrogen-bond donors (Lipinski definition) is 1. The second-order valence-electron chi connectivity index (χ2n) is 4.64. The summed E-state index contributed by atoms with van der Waals surface area (Å²) >= 11 is 7.02. The predicted octanol–water partition coefficient (Wildman–Crippen LogP) is 3.86. The molecule has 1 aliphatic heterocycles. The number of hydrogen-bond acceptors (Lipinski definition) is 3. The smallest absolute Gasteiger partial charge is 0.114 e. The fraction of sp³-hybridized carbons (Fsp3) is 0.636. The van der Waals surface area contributed by atoms with Crippen LogP contribution in [-0.2, 0) is 5.60 Å². The molecule has 2 heterocycles. The van der Waals surface area contributed by atoms with E-state index < -0.39 is 5.60 Å². The Morgan fingerprint density at radius 1 is 1.47 bits per heavy atom. The van der Waals surface area contributed by atoms with E-state index in [-0.39, 0.29) is 5.41 Å². The Balaban J connectivity index is 2.44. The average molecular weight is 307 g/mol. The molecule has 1 N–H and O–H groups in total. The van der Waals surface area contributed by atoms with Crippen molar-refractivity contribution in [1.29, 1.82) is 0 Å². The van der Waals surface area contributed by atoms with Gasteiger partial charge in [0.2, 0.25) is 0 Å². The third-order valence-corrected chi connectivity index (χ3v) is 6.40. The van der Waals surface area contributed by atoms with Gasteiger partial charge >= 0.3 is 0 Å². The van der Waals surface area contributed by atoms with Gasteiger partial charge in [-0.2, -0.15) is 11.8 Å². The first-order valence-electron chi connectivity index (χ1n) is 5.01. The Labute approximate surface area is 107 Å². The molecule has 15 heavy (non-hydrogen) atoms. The maximum atomic E-state index is 10.9. The van der Waals surface area contributed by atoms with Crippen molar-refractivity contribution < 1.29 is 5.11 Å². The minimum atomic E-state index is -0.678. The molecule has 0 aliphatic carbocycles. The fourth-order valence-corrected chi connectivity index (χ4v) is 5.61. The quantitative estimate of drug-likeness (QED) is 0.850. The highest BCUT2D eigenvalue weighted by Crippen LogP contribution is 2.51. The lowest BCUT2D eigenvalue weighted by atomic mass is 9.72. The van der Waals surface area contributed by atoms with Crippen molar-refractivity contribution in [2.24, 2.45) is 5.41 Å². The summed E-state index contributed by atoms with van der Waals surface area (Å²) in [6, 6.07) is 2.02. The van der Waals surface area contributed by atoms with Crippen LogP contribution < -0.4 is 0 Å². The van der Waals surface area contributed by atoms with E-state index in [1.54, 1.807) is 11.3 Å². The van der Waals surface area contributed by atoms with Crippen LogP contribution in [0.3, 0.4) is 0 Å². The summed E-state index contributed by atoms with van der Waals surface area (Å²) in [7, 11) is 0. The number of thioether (sulfide) groups is 1. The molecule has 84 valence electrons. The molecule has 1 atom stereocenters. The van der Waals surface area contributed by atoms with Gasteiger partial charge in [0.25, 0.3) is 0 Å². The van der Waals surface area contributed by atoms with E-state index in [0.717, 1.165) is 27.3 Å². The summed E-state index contributed by atoms with van der Waals surface area (Å²) in [5.74, 6) is 1.96. The lowest BCUT2D eigenvalue weighted by Crippen LogP contribution is -2.46. The fourth-order valence-electron chi connectivity index (χ4n) is 1.91. The Morgan fingerprint density at radius 2 is 2.20 bits per heavy atom. The second kappa shape index (κ2) is 4.06. The lowest BCUT2D eigenvalue weighted by Gasteiger charge is -2.45. The Morgan fingerprint density at radius 3 is 2.73 bits per heavy atom. The molecule has 1 aromatic rings. The molecule has 0 amide bonds. The first-order valence-corrected chi connectivity index (χ1v) is 7.84. The van der Waals surface area contributed by atoms with E-state index in [1.807, 2.05) is 23.2 Å². The van der Waals surface area contributed by atoms with Crippen molar-refractivity contribution in [3.05, 3.63) is 20.8 Å². The maximum absolute atomic E-state index is 10.9. The highest BCUT2D eigenvalue weighted by Gasteiger charge is 2.48. The summed E-state index contributed by atoms with van der Waals surface area (Å²) in [6.07, 6.45) is 1.07. The molecule has 2 rings (SSSR count). The average Bonchev–Trinajstić information content (AvgIpc) is 2.57. The number of halogens is 1. The van der Waals surface area contributed by atoms with E-state index in [1.165, 1.54) is 0 Å². The van der Waals surface area contributed by atoms with E-state index in [0.29, 0.717) is 0 Å². The zero-order valence-electron chi connectivity index (χ0n) is 8.92. The topological polar surface area (TPSA) is 20.2 Å². The van der Waals surface area contributed by atoms with Gasteiger partial charge in [0.1, 0.15) is 5.60 Å². The van der Waals surface area contributed by atoms with E-state index in [2.05, 4.69) is 29.8 Å². The molecular weight excluding hydrogens is 292 g/mol. The Bertz CT molecular complexity index is 361. The van der Waals surface area contributed by atoms with Gasteiger partial charge in [0.15, 0.2) is 0 Å². The zero-order valence-corrected chi connectivity index (χ0v) is 12.1. The standard InChI is InChI=1S/C11H15BrOS2/c1-10(2)4-6-14-7-11(10,13)9-8(12)3-5-15-9/h3,5,13H,4,6-7H2,1-2H3. The Hall–Kier alpha value is 0.490. The van der Waals surface area contributed by atoms with Crippen LogP contribution in [0, 0.1) is 5.41 Å². The van der Waals surface area contributed by atoms with Crippen LogP contribution in [-0.4, -0.2) is 16.6 Å². The van der Waals surface area contributed by atoms with Crippen LogP contribution in [0.5, 0.6) is 0 Å². The number of thiophene rings is 1. The molecule has 0 aromatic carbocycles. The van der Waals surface area contributed by atoms with Crippen LogP contribution in [0.1, 0.15) is 25.1 Å². The second-order valence-corrected chi connectivity index (χ2v) is 7.52. The first kappa shape index (κ1) is 12.0. The van der Waals surface area contributed by atoms with Gasteiger partial charge in [-0.15, -0.1) is 11.3 Å². The van der Waals surface area contributed by atoms with Gasteiger partial charge in [0, 0.05) is 15.6 Å². The molecular formula is C11H15BrOS2. The summed E-state index contributed by atoms with van der Waals surface area (Å²) in [5.41, 5.74) is -0.714. The molecule has 1 fully saturated rings. The maximum Gasteiger partial charge on any atom is 0.114 e. The van der Waals surface area contributed by atoms with Crippen LogP contribution in [0.4, 0.5) is 0 Å². The van der Waals surface area contributed by atoms with Crippen molar-refractivity contribution in [1.82, 2.24) is 0 Å². The molecule has 4 heteroatoms. The molecule has 0 radical (unpaired) electrons. The largest absolute Gasteiger partial charge is 0.383 e. The van der Waals surface area contributed by atoms with E-state index >= 15 is 0 Å². The normalized spacial score (nSPS) is 30.4. The minimum absolute atomic E-state index is 0.0361. The van der Waals surface area contributed by atoms with Crippen molar-refractivity contribution >= 4 is 39.0 Å². The summed E-state index contributed by atoms with van der Waals surface area (Å²) in [6.45, 7) is 4.33. The molecule has 0 saturated carbocycles. The summed E-state index contributed by atoms with van der Waals surface area (Å²) in [5, 5.41) is 12.9. The van der Waals surface area contributed by atoms with Gasteiger partial charge in [-0.05, 0) is 39.6 Å². The SMILES string of the molecule is CC1(C)CCSCC1(O)c1sccc1Br. The molecule has 0 bridgehead atoms. The predicted molar refractivity (Wildman–Crippen MR) is 71.6 cm³/mol. The molecule has 1 aliphatic rings. The number of rotatable bonds is 1. The highest BCUT2D eigenvalue weighted by molar-refractivity contribution is 9.10. The van der Waals surface area contributed by atoms with Gasteiger partial charge in [-0.25, -0.2) is 0 Å². The minimum Gasteiger partial charge on any atom is -0.383 e. The van der Waals surface area contributed by atoms with Crippen molar-refractivity contribution in [2.45, 2.75) is 25.9 Å². The van der Waals surface area contributed by atoms with Gasteiger partial charge < -0.3 is 5.11 Å². The molecule has 0 spiro atoms. The van der Waals surface area contributed by atoms with Crippen molar-refractivity contribution in [2.75, 3.05) is 11.5 Å². The molecule has 1 aromatic heterocycles. The van der Waals surface area contributed by atoms with Gasteiger partial charge in [0.05, 0.1) is 4.88 Å². The van der Waals surface area contributed by atoms with E-state index in [9.17, 15) is 5.11 Å². The first-order chi connectivity index (χ1) is 6.97. The number of aliphatic hydroxyl groups is 1. The van der Waals surface area contributed by atoms with Crippen molar-refractivity contribution in [3.63, 3.8) is 0 Å². The lowest BCUT2D eigenvalue weighted by molar-refractivity contribution is -0.0553. The van der Waals surface area contributed by atoms with Gasteiger partial charge in [-0.3, -0.25) is 0 Å². The molecule has 1 unspecified atom stereocenters.